The third-order valence-electron chi connectivity index (χ3n) is 4.32. The highest BCUT2D eigenvalue weighted by Gasteiger charge is 2.19. The molecule has 134 valence electrons. The summed E-state index contributed by atoms with van der Waals surface area (Å²) >= 11 is 0. The van der Waals surface area contributed by atoms with Crippen LogP contribution in [0.5, 0.6) is 5.75 Å². The van der Waals surface area contributed by atoms with Crippen molar-refractivity contribution in [2.45, 2.75) is 19.4 Å². The molecule has 26 heavy (non-hydrogen) atoms. The fourth-order valence-electron chi connectivity index (χ4n) is 3.06. The monoisotopic (exact) mass is 352 g/mol. The number of carboxylic acid groups (broad SMARTS) is 1. The van der Waals surface area contributed by atoms with Gasteiger partial charge in [-0.3, -0.25) is 9.80 Å². The van der Waals surface area contributed by atoms with E-state index in [2.05, 4.69) is 11.4 Å². The number of carboxylic acids is 1. The Morgan fingerprint density at radius 2 is 2.08 bits per heavy atom. The van der Waals surface area contributed by atoms with E-state index in [4.69, 9.17) is 9.84 Å². The Labute approximate surface area is 151 Å². The number of nitrogens with zero attached hydrogens (tertiary/aromatic N) is 2. The normalized spacial score (nSPS) is 14.0. The first-order valence-corrected chi connectivity index (χ1v) is 8.39. The van der Waals surface area contributed by atoms with Crippen LogP contribution in [0.1, 0.15) is 28.7 Å². The summed E-state index contributed by atoms with van der Waals surface area (Å²) in [7, 11) is 1.63. The maximum Gasteiger partial charge on any atom is 0.307 e. The van der Waals surface area contributed by atoms with Gasteiger partial charge >= 0.3 is 5.97 Å². The van der Waals surface area contributed by atoms with Gasteiger partial charge in [0.15, 0.2) is 0 Å². The Bertz CT molecular complexity index is 861. The summed E-state index contributed by atoms with van der Waals surface area (Å²) < 4.78 is 5.95. The van der Waals surface area contributed by atoms with E-state index in [9.17, 15) is 9.70 Å². The molecular formula is C20H20N2O4. The van der Waals surface area contributed by atoms with Crippen LogP contribution in [0.4, 0.5) is 0 Å². The highest BCUT2D eigenvalue weighted by Crippen LogP contribution is 2.37. The Balaban J connectivity index is 2.05. The van der Waals surface area contributed by atoms with E-state index in [1.54, 1.807) is 13.1 Å². The number of nitroso groups, excluding NO2 is 1. The van der Waals surface area contributed by atoms with Crippen molar-refractivity contribution in [1.29, 1.82) is 0 Å². The Hall–Kier alpha value is -3.15. The zero-order valence-corrected chi connectivity index (χ0v) is 14.5. The van der Waals surface area contributed by atoms with Crippen LogP contribution in [0.25, 0.3) is 5.57 Å². The fraction of sp³-hybridized carbons (Fsp3) is 0.250. The maximum atomic E-state index is 11.1. The summed E-state index contributed by atoms with van der Waals surface area (Å²) in [6.07, 6.45) is 2.65. The van der Waals surface area contributed by atoms with Crippen molar-refractivity contribution in [1.82, 2.24) is 5.01 Å². The molecule has 3 rings (SSSR count). The first-order valence-electron chi connectivity index (χ1n) is 8.39. The molecule has 0 aromatic heterocycles. The van der Waals surface area contributed by atoms with Gasteiger partial charge in [0, 0.05) is 19.2 Å². The van der Waals surface area contributed by atoms with Crippen molar-refractivity contribution in [3.05, 3.63) is 75.7 Å². The van der Waals surface area contributed by atoms with Crippen LogP contribution in [0, 0.1) is 4.91 Å². The SMILES string of the molecule is CN(CCC=C1c2ccccc2COc2ccc(CC(=O)O)cc21)N=O. The standard InChI is InChI=1S/C20H20N2O4/c1-22(21-25)10-4-7-17-16-6-3-2-5-15(16)13-26-19-9-8-14(11-18(17)19)12-20(23)24/h2-3,5-9,11H,4,10,12-13H2,1H3,(H,23,24). The number of carbonyl (C=O) groups is 1. The van der Waals surface area contributed by atoms with E-state index in [0.29, 0.717) is 19.6 Å². The van der Waals surface area contributed by atoms with Gasteiger partial charge in [-0.15, -0.1) is 4.91 Å². The zero-order valence-electron chi connectivity index (χ0n) is 14.5. The third kappa shape index (κ3) is 3.91. The average Bonchev–Trinajstić information content (AvgIpc) is 2.78. The minimum Gasteiger partial charge on any atom is -0.488 e. The van der Waals surface area contributed by atoms with Crippen LogP contribution in [0.3, 0.4) is 0 Å². The number of aliphatic carboxylic acids is 1. The van der Waals surface area contributed by atoms with Crippen LogP contribution in [0.15, 0.2) is 53.8 Å². The molecule has 6 nitrogen and oxygen atoms in total. The maximum absolute atomic E-state index is 11.1. The summed E-state index contributed by atoms with van der Waals surface area (Å²) in [5, 5.41) is 13.3. The molecule has 0 atom stereocenters. The van der Waals surface area contributed by atoms with Gasteiger partial charge in [-0.05, 0) is 40.8 Å². The number of rotatable bonds is 6. The summed E-state index contributed by atoms with van der Waals surface area (Å²) in [4.78, 5) is 21.6. The quantitative estimate of drug-likeness (QED) is 0.634. The predicted molar refractivity (Wildman–Crippen MR) is 98.7 cm³/mol. The lowest BCUT2D eigenvalue weighted by Crippen LogP contribution is -2.10. The minimum absolute atomic E-state index is 0.0417. The number of hydrogen-bond donors (Lipinski definition) is 1. The molecule has 0 amide bonds. The second kappa shape index (κ2) is 7.82. The Morgan fingerprint density at radius 1 is 1.27 bits per heavy atom. The summed E-state index contributed by atoms with van der Waals surface area (Å²) in [6, 6.07) is 13.5. The molecule has 6 heteroatoms. The minimum atomic E-state index is -0.871. The third-order valence-corrected chi connectivity index (χ3v) is 4.32. The van der Waals surface area contributed by atoms with Crippen LogP contribution in [-0.4, -0.2) is 29.7 Å². The molecule has 0 saturated carbocycles. The van der Waals surface area contributed by atoms with Crippen LogP contribution in [-0.2, 0) is 17.8 Å². The number of hydrogen-bond acceptors (Lipinski definition) is 4. The molecule has 0 saturated heterocycles. The lowest BCUT2D eigenvalue weighted by Gasteiger charge is -2.13. The van der Waals surface area contributed by atoms with E-state index < -0.39 is 5.97 Å². The molecule has 0 unspecified atom stereocenters. The fourth-order valence-corrected chi connectivity index (χ4v) is 3.06. The molecule has 1 N–H and O–H groups in total. The molecule has 0 aliphatic carbocycles. The van der Waals surface area contributed by atoms with Crippen LogP contribution >= 0.6 is 0 Å². The molecule has 2 aromatic carbocycles. The smallest absolute Gasteiger partial charge is 0.307 e. The predicted octanol–water partition coefficient (Wildman–Crippen LogP) is 3.64. The largest absolute Gasteiger partial charge is 0.488 e. The molecule has 2 aromatic rings. The molecule has 1 aliphatic heterocycles. The molecular weight excluding hydrogens is 332 g/mol. The van der Waals surface area contributed by atoms with E-state index in [0.717, 1.165) is 33.6 Å². The van der Waals surface area contributed by atoms with Crippen molar-refractivity contribution in [2.24, 2.45) is 5.29 Å². The van der Waals surface area contributed by atoms with Crippen LogP contribution in [0.2, 0.25) is 0 Å². The number of fused-ring (bicyclic) bond motifs is 2. The van der Waals surface area contributed by atoms with Gasteiger partial charge in [-0.25, -0.2) is 0 Å². The lowest BCUT2D eigenvalue weighted by atomic mass is 9.92. The van der Waals surface area contributed by atoms with Crippen molar-refractivity contribution in [2.75, 3.05) is 13.6 Å². The molecule has 1 heterocycles. The van der Waals surface area contributed by atoms with Gasteiger partial charge in [0.1, 0.15) is 12.4 Å². The average molecular weight is 352 g/mol. The molecule has 0 spiro atoms. The summed E-state index contributed by atoms with van der Waals surface area (Å²) in [5.41, 5.74) is 4.70. The molecule has 0 bridgehead atoms. The van der Waals surface area contributed by atoms with Crippen molar-refractivity contribution < 1.29 is 14.6 Å². The first kappa shape index (κ1) is 17.7. The van der Waals surface area contributed by atoms with Gasteiger partial charge in [0.25, 0.3) is 0 Å². The van der Waals surface area contributed by atoms with Crippen molar-refractivity contribution >= 4 is 11.5 Å². The topological polar surface area (TPSA) is 79.2 Å². The number of ether oxygens (including phenoxy) is 1. The second-order valence-corrected chi connectivity index (χ2v) is 6.22. The highest BCUT2D eigenvalue weighted by molar-refractivity contribution is 5.85. The van der Waals surface area contributed by atoms with E-state index in [1.165, 1.54) is 5.01 Å². The zero-order chi connectivity index (χ0) is 18.5. The Morgan fingerprint density at radius 3 is 2.85 bits per heavy atom. The van der Waals surface area contributed by atoms with Gasteiger partial charge in [0.05, 0.1) is 11.7 Å². The van der Waals surface area contributed by atoms with Gasteiger partial charge in [-0.1, -0.05) is 36.4 Å². The van der Waals surface area contributed by atoms with E-state index in [-0.39, 0.29) is 6.42 Å². The van der Waals surface area contributed by atoms with E-state index in [1.807, 2.05) is 36.4 Å². The lowest BCUT2D eigenvalue weighted by molar-refractivity contribution is -0.136. The van der Waals surface area contributed by atoms with Gasteiger partial charge in [0.2, 0.25) is 0 Å². The second-order valence-electron chi connectivity index (χ2n) is 6.22. The molecule has 1 aliphatic rings. The molecule has 0 fully saturated rings. The van der Waals surface area contributed by atoms with Gasteiger partial charge < -0.3 is 9.84 Å². The molecule has 0 radical (unpaired) electrons. The van der Waals surface area contributed by atoms with E-state index >= 15 is 0 Å². The summed E-state index contributed by atoms with van der Waals surface area (Å²) in [6.45, 7) is 0.953. The van der Waals surface area contributed by atoms with Crippen molar-refractivity contribution in [3.8, 4) is 5.75 Å². The number of benzene rings is 2. The Kier molecular flexibility index (Phi) is 5.31. The summed E-state index contributed by atoms with van der Waals surface area (Å²) in [5.74, 6) is -0.146. The highest BCUT2D eigenvalue weighted by atomic mass is 16.5. The first-order chi connectivity index (χ1) is 12.6. The van der Waals surface area contributed by atoms with Gasteiger partial charge in [-0.2, -0.15) is 0 Å². The van der Waals surface area contributed by atoms with Crippen molar-refractivity contribution in [3.63, 3.8) is 0 Å². The van der Waals surface area contributed by atoms with Crippen LogP contribution < -0.4 is 4.74 Å².